The lowest BCUT2D eigenvalue weighted by Crippen LogP contribution is -2.23. The number of methoxy groups -OCH3 is 1. The quantitative estimate of drug-likeness (QED) is 0.786. The summed E-state index contributed by atoms with van der Waals surface area (Å²) in [5, 5.41) is 0. The van der Waals surface area contributed by atoms with Crippen LogP contribution in [0.2, 0.25) is 0 Å². The molecule has 0 aliphatic heterocycles. The summed E-state index contributed by atoms with van der Waals surface area (Å²) in [4.78, 5) is 15.5. The number of rotatable bonds is 4. The average Bonchev–Trinajstić information content (AvgIpc) is 2.40. The number of hydrogen-bond acceptors (Lipinski definition) is 4. The van der Waals surface area contributed by atoms with Gasteiger partial charge in [0.1, 0.15) is 9.84 Å². The highest BCUT2D eigenvalue weighted by Crippen LogP contribution is 2.23. The Morgan fingerprint density at radius 3 is 2.35 bits per heavy atom. The van der Waals surface area contributed by atoms with Crippen LogP contribution >= 0.6 is 0 Å². The molecule has 0 aliphatic carbocycles. The van der Waals surface area contributed by atoms with Crippen LogP contribution in [0.3, 0.4) is 0 Å². The Morgan fingerprint density at radius 2 is 1.87 bits per heavy atom. The van der Waals surface area contributed by atoms with Crippen LogP contribution in [0, 0.1) is 5.41 Å². The predicted molar refractivity (Wildman–Crippen MR) is 95.0 cm³/mol. The summed E-state index contributed by atoms with van der Waals surface area (Å²) in [7, 11) is -1.72. The van der Waals surface area contributed by atoms with E-state index in [4.69, 9.17) is 0 Å². The molecule has 0 heterocycles. The first-order valence-electron chi connectivity index (χ1n) is 6.97. The van der Waals surface area contributed by atoms with Gasteiger partial charge in [0.15, 0.2) is 0 Å². The summed E-state index contributed by atoms with van der Waals surface area (Å²) in [5.74, 6) is 0.0927. The van der Waals surface area contributed by atoms with Gasteiger partial charge in [0.05, 0.1) is 18.6 Å². The lowest BCUT2D eigenvalue weighted by Gasteiger charge is -2.21. The Kier molecular flexibility index (Phi) is 7.64. The fourth-order valence-electron chi connectivity index (χ4n) is 1.98. The molecular formula is C17H27NO4S. The monoisotopic (exact) mass is 341 g/mol. The van der Waals surface area contributed by atoms with Crippen molar-refractivity contribution in [2.45, 2.75) is 34.6 Å². The van der Waals surface area contributed by atoms with E-state index < -0.39 is 15.9 Å². The molecule has 0 saturated carbocycles. The van der Waals surface area contributed by atoms with Crippen molar-refractivity contribution >= 4 is 21.6 Å². The highest BCUT2D eigenvalue weighted by Gasteiger charge is 2.22. The Hall–Kier alpha value is -1.69. The van der Waals surface area contributed by atoms with Crippen molar-refractivity contribution in [2.24, 2.45) is 10.4 Å². The maximum atomic E-state index is 11.5. The number of aliphatic imine (C=N–C) groups is 1. The lowest BCUT2D eigenvalue weighted by molar-refractivity contribution is 0.182. The normalized spacial score (nSPS) is 12.5. The van der Waals surface area contributed by atoms with Crippen LogP contribution in [0.4, 0.5) is 4.79 Å². The second kappa shape index (κ2) is 8.24. The molecule has 0 aliphatic rings. The number of benzene rings is 1. The van der Waals surface area contributed by atoms with Crippen LogP contribution in [-0.2, 0) is 21.0 Å². The number of nitrogens with zero attached hydrogens (tertiary/aromatic N) is 1. The van der Waals surface area contributed by atoms with Crippen LogP contribution in [0.25, 0.3) is 0 Å². The lowest BCUT2D eigenvalue weighted by atomic mass is 9.85. The first-order valence-corrected chi connectivity index (χ1v) is 9.03. The van der Waals surface area contributed by atoms with E-state index in [1.165, 1.54) is 13.4 Å². The maximum absolute atomic E-state index is 11.5. The number of sulfone groups is 1. The molecule has 0 bridgehead atoms. The van der Waals surface area contributed by atoms with Gasteiger partial charge in [0.2, 0.25) is 0 Å². The van der Waals surface area contributed by atoms with Crippen LogP contribution in [0.5, 0.6) is 0 Å². The highest BCUT2D eigenvalue weighted by molar-refractivity contribution is 7.90. The smallest absolute Gasteiger partial charge is 0.433 e. The number of aryl methyl sites for hydroxylation is 1. The number of carbonyl (C=O) groups is 1. The third-order valence-electron chi connectivity index (χ3n) is 3.05. The minimum absolute atomic E-state index is 0. The molecule has 5 nitrogen and oxygen atoms in total. The summed E-state index contributed by atoms with van der Waals surface area (Å²) in [6, 6.07) is 7.44. The van der Waals surface area contributed by atoms with Gasteiger partial charge >= 0.3 is 6.09 Å². The van der Waals surface area contributed by atoms with Gasteiger partial charge in [-0.05, 0) is 23.6 Å². The number of carbonyl (C=O) groups excluding carboxylic acids is 1. The van der Waals surface area contributed by atoms with Crippen LogP contribution < -0.4 is 0 Å². The standard InChI is InChI=1S/C16H23NO4S.CH4/c1-16(2,3)14(17-15(18)21-4)13-8-6-7-12(11-13)9-10-22(5,19)20;/h6-8,11H,9-10H2,1-5H3;1H4. The van der Waals surface area contributed by atoms with Crippen molar-refractivity contribution in [3.63, 3.8) is 0 Å². The largest absolute Gasteiger partial charge is 0.451 e. The van der Waals surface area contributed by atoms with Gasteiger partial charge in [0.25, 0.3) is 0 Å². The first kappa shape index (κ1) is 21.3. The molecule has 23 heavy (non-hydrogen) atoms. The van der Waals surface area contributed by atoms with Gasteiger partial charge in [-0.1, -0.05) is 46.4 Å². The zero-order valence-electron chi connectivity index (χ0n) is 13.7. The van der Waals surface area contributed by atoms with Crippen molar-refractivity contribution in [1.29, 1.82) is 0 Å². The summed E-state index contributed by atoms with van der Waals surface area (Å²) in [6.45, 7) is 5.87. The molecule has 0 spiro atoms. The van der Waals surface area contributed by atoms with Crippen molar-refractivity contribution in [1.82, 2.24) is 0 Å². The second-order valence-electron chi connectivity index (χ2n) is 6.26. The van der Waals surface area contributed by atoms with E-state index in [0.717, 1.165) is 11.1 Å². The van der Waals surface area contributed by atoms with E-state index in [1.54, 1.807) is 0 Å². The molecule has 1 aromatic carbocycles. The van der Waals surface area contributed by atoms with Crippen molar-refractivity contribution in [3.8, 4) is 0 Å². The van der Waals surface area contributed by atoms with Gasteiger partial charge in [0, 0.05) is 11.7 Å². The number of hydrogen-bond donors (Lipinski definition) is 0. The van der Waals surface area contributed by atoms with E-state index in [2.05, 4.69) is 9.73 Å². The molecule has 6 heteroatoms. The minimum atomic E-state index is -3.01. The molecule has 0 unspecified atom stereocenters. The summed E-state index contributed by atoms with van der Waals surface area (Å²) in [6.07, 6.45) is 1.00. The Labute approximate surface area is 139 Å². The molecule has 1 aromatic rings. The third-order valence-corrected chi connectivity index (χ3v) is 4.00. The van der Waals surface area contributed by atoms with Crippen LogP contribution in [0.1, 0.15) is 39.3 Å². The fraction of sp³-hybridized carbons (Fsp3) is 0.529. The van der Waals surface area contributed by atoms with Crippen LogP contribution in [-0.4, -0.2) is 39.3 Å². The SMILES string of the molecule is C.COC(=O)N=C(c1cccc(CCS(C)(=O)=O)c1)C(C)(C)C. The number of ether oxygens (including phenoxy) is 1. The zero-order valence-corrected chi connectivity index (χ0v) is 14.5. The Morgan fingerprint density at radius 1 is 1.26 bits per heavy atom. The molecule has 0 radical (unpaired) electrons. The van der Waals surface area contributed by atoms with E-state index >= 15 is 0 Å². The summed E-state index contributed by atoms with van der Waals surface area (Å²) in [5.41, 5.74) is 1.96. The molecule has 130 valence electrons. The van der Waals surface area contributed by atoms with Gasteiger partial charge in [-0.15, -0.1) is 0 Å². The minimum Gasteiger partial charge on any atom is -0.451 e. The van der Waals surface area contributed by atoms with E-state index in [0.29, 0.717) is 12.1 Å². The Bertz CT molecular complexity index is 670. The molecule has 1 rings (SSSR count). The van der Waals surface area contributed by atoms with Crippen molar-refractivity contribution < 1.29 is 17.9 Å². The molecule has 1 amide bonds. The molecular weight excluding hydrogens is 314 g/mol. The summed E-state index contributed by atoms with van der Waals surface area (Å²) < 4.78 is 27.2. The predicted octanol–water partition coefficient (Wildman–Crippen LogP) is 3.51. The van der Waals surface area contributed by atoms with E-state index in [9.17, 15) is 13.2 Å². The van der Waals surface area contributed by atoms with Crippen LogP contribution in [0.15, 0.2) is 29.3 Å². The average molecular weight is 341 g/mol. The highest BCUT2D eigenvalue weighted by atomic mass is 32.2. The van der Waals surface area contributed by atoms with Gasteiger partial charge in [-0.2, -0.15) is 4.99 Å². The van der Waals surface area contributed by atoms with E-state index in [1.807, 2.05) is 45.0 Å². The molecule has 0 saturated heterocycles. The molecule has 0 aromatic heterocycles. The van der Waals surface area contributed by atoms with Gasteiger partial charge in [-0.25, -0.2) is 13.2 Å². The fourth-order valence-corrected chi connectivity index (χ4v) is 2.59. The number of amides is 1. The second-order valence-corrected chi connectivity index (χ2v) is 8.52. The Balaban J connectivity index is 0.00000484. The summed E-state index contributed by atoms with van der Waals surface area (Å²) >= 11 is 0. The first-order chi connectivity index (χ1) is 10.0. The topological polar surface area (TPSA) is 72.8 Å². The van der Waals surface area contributed by atoms with Gasteiger partial charge in [-0.3, -0.25) is 0 Å². The maximum Gasteiger partial charge on any atom is 0.433 e. The zero-order chi connectivity index (χ0) is 17.0. The van der Waals surface area contributed by atoms with Crippen molar-refractivity contribution in [2.75, 3.05) is 19.1 Å². The van der Waals surface area contributed by atoms with Gasteiger partial charge < -0.3 is 4.74 Å². The third kappa shape index (κ3) is 7.41. The molecule has 0 fully saturated rings. The van der Waals surface area contributed by atoms with Crippen molar-refractivity contribution in [3.05, 3.63) is 35.4 Å². The molecule has 0 N–H and O–H groups in total. The molecule has 0 atom stereocenters. The van der Waals surface area contributed by atoms with E-state index in [-0.39, 0.29) is 18.6 Å².